The molecule has 1 aromatic heterocycles. The number of rotatable bonds is 9. The van der Waals surface area contributed by atoms with E-state index in [1.54, 1.807) is 18.7 Å². The summed E-state index contributed by atoms with van der Waals surface area (Å²) in [6.07, 6.45) is 3.53. The minimum atomic E-state index is -0.547. The third-order valence-corrected chi connectivity index (χ3v) is 4.49. The first kappa shape index (κ1) is 22.5. The Kier molecular flexibility index (Phi) is 8.59. The summed E-state index contributed by atoms with van der Waals surface area (Å²) in [5.74, 6) is 1.16. The van der Waals surface area contributed by atoms with E-state index in [0.29, 0.717) is 12.5 Å². The predicted octanol–water partition coefficient (Wildman–Crippen LogP) is 2.26. The van der Waals surface area contributed by atoms with Crippen LogP contribution in [0.15, 0.2) is 5.16 Å². The smallest absolute Gasteiger partial charge is 0.242 e. The average molecular weight is 384 g/mol. The van der Waals surface area contributed by atoms with Gasteiger partial charge in [-0.05, 0) is 25.5 Å². The van der Waals surface area contributed by atoms with Gasteiger partial charge in [-0.2, -0.15) is 0 Å². The van der Waals surface area contributed by atoms with Gasteiger partial charge in [0.25, 0.3) is 0 Å². The van der Waals surface area contributed by atoms with Gasteiger partial charge in [-0.25, -0.2) is 0 Å². The lowest BCUT2D eigenvalue weighted by Crippen LogP contribution is -2.48. The van der Waals surface area contributed by atoms with Gasteiger partial charge >= 0.3 is 0 Å². The maximum Gasteiger partial charge on any atom is 0.242 e. The number of hydrogen-bond donors (Lipinski definition) is 2. The molecule has 0 radical (unpaired) electrons. The molecule has 1 rings (SSSR count). The first-order valence-electron chi connectivity index (χ1n) is 9.11. The van der Waals surface area contributed by atoms with Gasteiger partial charge in [0.1, 0.15) is 11.9 Å². The predicted molar refractivity (Wildman–Crippen MR) is 105 cm³/mol. The van der Waals surface area contributed by atoms with Crippen LogP contribution in [0.5, 0.6) is 0 Å². The molecule has 1 unspecified atom stereocenters. The van der Waals surface area contributed by atoms with Crippen LogP contribution < -0.4 is 10.6 Å². The van der Waals surface area contributed by atoms with Gasteiger partial charge < -0.3 is 15.2 Å². The molecular weight excluding hydrogens is 350 g/mol. The zero-order valence-electron chi connectivity index (χ0n) is 17.0. The third kappa shape index (κ3) is 6.97. The summed E-state index contributed by atoms with van der Waals surface area (Å²) in [6, 6.07) is -0.547. The van der Waals surface area contributed by atoms with Crippen LogP contribution in [0, 0.1) is 11.3 Å². The summed E-state index contributed by atoms with van der Waals surface area (Å²) < 4.78 is 2.16. The highest BCUT2D eigenvalue weighted by Gasteiger charge is 2.24. The zero-order valence-corrected chi connectivity index (χ0v) is 17.9. The number of carbonyl (C=O) groups excluding carboxylic acids is 2. The second kappa shape index (κ2) is 9.94. The lowest BCUT2D eigenvalue weighted by Gasteiger charge is -2.21. The van der Waals surface area contributed by atoms with Crippen molar-refractivity contribution in [3.63, 3.8) is 0 Å². The first-order chi connectivity index (χ1) is 12.1. The summed E-state index contributed by atoms with van der Waals surface area (Å²) in [5, 5.41) is 15.0. The molecule has 0 saturated carbocycles. The Morgan fingerprint density at radius 3 is 2.38 bits per heavy atom. The largest absolute Gasteiger partial charge is 0.354 e. The third-order valence-electron chi connectivity index (χ3n) is 3.82. The summed E-state index contributed by atoms with van der Waals surface area (Å²) in [5.41, 5.74) is -0.510. The summed E-state index contributed by atoms with van der Waals surface area (Å²) in [7, 11) is 0. The van der Waals surface area contributed by atoms with Crippen molar-refractivity contribution < 1.29 is 9.59 Å². The molecule has 1 atom stereocenters. The number of thioether (sulfide) groups is 1. The van der Waals surface area contributed by atoms with E-state index in [1.165, 1.54) is 0 Å². The van der Waals surface area contributed by atoms with Gasteiger partial charge in [0, 0.05) is 24.9 Å². The van der Waals surface area contributed by atoms with Gasteiger partial charge in [-0.1, -0.05) is 46.4 Å². The quantitative estimate of drug-likeness (QED) is 0.504. The van der Waals surface area contributed by atoms with E-state index >= 15 is 0 Å². The average Bonchev–Trinajstić information content (AvgIpc) is 2.91. The van der Waals surface area contributed by atoms with E-state index in [1.807, 2.05) is 27.0 Å². The van der Waals surface area contributed by atoms with Crippen molar-refractivity contribution in [2.45, 2.75) is 72.1 Å². The highest BCUT2D eigenvalue weighted by atomic mass is 32.2. The van der Waals surface area contributed by atoms with Crippen LogP contribution in [-0.4, -0.2) is 45.4 Å². The van der Waals surface area contributed by atoms with Crippen molar-refractivity contribution in [1.29, 1.82) is 0 Å². The number of aromatic nitrogens is 3. The molecule has 0 aliphatic rings. The fourth-order valence-corrected chi connectivity index (χ4v) is 2.82. The van der Waals surface area contributed by atoms with Crippen LogP contribution in [0.1, 0.15) is 53.8 Å². The zero-order chi connectivity index (χ0) is 19.9. The fourth-order valence-electron chi connectivity index (χ4n) is 2.29. The molecule has 148 valence electrons. The maximum absolute atomic E-state index is 12.1. The topological polar surface area (TPSA) is 88.9 Å². The molecule has 7 nitrogen and oxygen atoms in total. The Morgan fingerprint density at radius 2 is 1.85 bits per heavy atom. The van der Waals surface area contributed by atoms with Crippen molar-refractivity contribution in [1.82, 2.24) is 25.4 Å². The van der Waals surface area contributed by atoms with Crippen LogP contribution in [0.4, 0.5) is 0 Å². The van der Waals surface area contributed by atoms with Gasteiger partial charge in [-0.15, -0.1) is 10.2 Å². The maximum atomic E-state index is 12.1. The molecule has 0 aliphatic carbocycles. The second-order valence-corrected chi connectivity index (χ2v) is 8.72. The first-order valence-corrected chi connectivity index (χ1v) is 10.3. The van der Waals surface area contributed by atoms with Crippen molar-refractivity contribution in [2.24, 2.45) is 11.3 Å². The lowest BCUT2D eigenvalue weighted by atomic mass is 9.95. The molecule has 0 aromatic carbocycles. The van der Waals surface area contributed by atoms with Crippen LogP contribution in [0.2, 0.25) is 0 Å². The molecule has 8 heteroatoms. The van der Waals surface area contributed by atoms with E-state index in [2.05, 4.69) is 39.2 Å². The van der Waals surface area contributed by atoms with E-state index < -0.39 is 11.5 Å². The van der Waals surface area contributed by atoms with Gasteiger partial charge in [0.2, 0.25) is 11.8 Å². The molecule has 0 bridgehead atoms. The number of aryl methyl sites for hydroxylation is 1. The van der Waals surface area contributed by atoms with Crippen molar-refractivity contribution >= 4 is 23.6 Å². The molecule has 1 heterocycles. The Balaban J connectivity index is 2.46. The molecule has 0 fully saturated rings. The van der Waals surface area contributed by atoms with Crippen LogP contribution in [-0.2, 0) is 22.6 Å². The Bertz CT molecular complexity index is 607. The molecular formula is C18H33N5O2S. The van der Waals surface area contributed by atoms with Crippen molar-refractivity contribution in [3.8, 4) is 0 Å². The number of nitrogens with zero attached hydrogens (tertiary/aromatic N) is 3. The minimum Gasteiger partial charge on any atom is -0.354 e. The summed E-state index contributed by atoms with van der Waals surface area (Å²) >= 11 is 1.59. The van der Waals surface area contributed by atoms with Crippen molar-refractivity contribution in [2.75, 3.05) is 12.8 Å². The van der Waals surface area contributed by atoms with Gasteiger partial charge in [0.15, 0.2) is 5.16 Å². The van der Waals surface area contributed by atoms with Gasteiger partial charge in [-0.3, -0.25) is 9.59 Å². The van der Waals surface area contributed by atoms with Crippen LogP contribution >= 0.6 is 11.8 Å². The molecule has 2 N–H and O–H groups in total. The standard InChI is InChI=1S/C18H33N5O2S/c1-12(2)11-23-14(21-22-17(23)26-7)9-8-10-19-15(24)13(3)20-16(25)18(4,5)6/h12-13H,8-11H2,1-7H3,(H,19,24)(H,20,25). The number of hydrogen-bond acceptors (Lipinski definition) is 5. The molecule has 0 aliphatic heterocycles. The van der Waals surface area contributed by atoms with E-state index in [9.17, 15) is 9.59 Å². The normalized spacial score (nSPS) is 12.9. The summed E-state index contributed by atoms with van der Waals surface area (Å²) in [4.78, 5) is 24.1. The lowest BCUT2D eigenvalue weighted by molar-refractivity contribution is -0.133. The second-order valence-electron chi connectivity index (χ2n) is 7.95. The Morgan fingerprint density at radius 1 is 1.19 bits per heavy atom. The number of amides is 2. The number of nitrogens with one attached hydrogen (secondary N) is 2. The van der Waals surface area contributed by atoms with E-state index in [4.69, 9.17) is 0 Å². The van der Waals surface area contributed by atoms with E-state index in [-0.39, 0.29) is 11.8 Å². The van der Waals surface area contributed by atoms with Crippen LogP contribution in [0.3, 0.4) is 0 Å². The van der Waals surface area contributed by atoms with Crippen molar-refractivity contribution in [3.05, 3.63) is 5.82 Å². The highest BCUT2D eigenvalue weighted by molar-refractivity contribution is 7.98. The fraction of sp³-hybridized carbons (Fsp3) is 0.778. The minimum absolute atomic E-state index is 0.133. The summed E-state index contributed by atoms with van der Waals surface area (Å²) in [6.45, 7) is 12.9. The highest BCUT2D eigenvalue weighted by Crippen LogP contribution is 2.16. The molecule has 2 amide bonds. The molecule has 0 spiro atoms. The molecule has 1 aromatic rings. The molecule has 0 saturated heterocycles. The number of carbonyl (C=O) groups is 2. The van der Waals surface area contributed by atoms with E-state index in [0.717, 1.165) is 30.4 Å². The Labute approximate surface area is 161 Å². The van der Waals surface area contributed by atoms with Gasteiger partial charge in [0.05, 0.1) is 0 Å². The monoisotopic (exact) mass is 383 g/mol. The Hall–Kier alpha value is -1.57. The van der Waals surface area contributed by atoms with Crippen LogP contribution in [0.25, 0.3) is 0 Å². The molecule has 26 heavy (non-hydrogen) atoms. The SMILES string of the molecule is CSc1nnc(CCCNC(=O)C(C)NC(=O)C(C)(C)C)n1CC(C)C.